The van der Waals surface area contributed by atoms with E-state index >= 15 is 0 Å². The number of carbonyl (C=O) groups is 1. The van der Waals surface area contributed by atoms with Crippen molar-refractivity contribution in [3.05, 3.63) is 65.2 Å². The number of aliphatic carboxylic acids is 1. The average molecular weight is 458 g/mol. The van der Waals surface area contributed by atoms with Gasteiger partial charge in [0.15, 0.2) is 6.10 Å². The largest absolute Gasteiger partial charge is 0.491 e. The molecule has 1 aromatic heterocycles. The molecular formula is C24H24F2N2O5. The number of benzene rings is 2. The van der Waals surface area contributed by atoms with E-state index in [0.717, 1.165) is 29.4 Å². The van der Waals surface area contributed by atoms with Crippen molar-refractivity contribution in [1.82, 2.24) is 4.98 Å². The molecule has 0 unspecified atom stereocenters. The van der Waals surface area contributed by atoms with Crippen molar-refractivity contribution in [2.45, 2.75) is 32.9 Å². The van der Waals surface area contributed by atoms with E-state index in [2.05, 4.69) is 4.98 Å². The molecule has 1 heterocycles. The fourth-order valence-corrected chi connectivity index (χ4v) is 3.21. The lowest BCUT2D eigenvalue weighted by molar-refractivity contribution is -0.145. The topological polar surface area (TPSA) is 104 Å². The number of hydrogen-bond acceptors (Lipinski definition) is 6. The molecule has 3 aromatic rings. The highest BCUT2D eigenvalue weighted by Gasteiger charge is 2.27. The van der Waals surface area contributed by atoms with E-state index in [4.69, 9.17) is 19.9 Å². The van der Waals surface area contributed by atoms with E-state index in [-0.39, 0.29) is 12.2 Å². The maximum absolute atomic E-state index is 14.9. The molecule has 0 radical (unpaired) electrons. The van der Waals surface area contributed by atoms with Crippen LogP contribution in [-0.2, 0) is 11.3 Å². The Kier molecular flexibility index (Phi) is 7.44. The first-order valence-electron chi connectivity index (χ1n) is 10.2. The first-order valence-corrected chi connectivity index (χ1v) is 10.2. The minimum Gasteiger partial charge on any atom is -0.491 e. The highest BCUT2D eigenvalue weighted by molar-refractivity contribution is 5.72. The molecule has 0 aliphatic heterocycles. The van der Waals surface area contributed by atoms with Gasteiger partial charge in [0.2, 0.25) is 17.4 Å². The highest BCUT2D eigenvalue weighted by atomic mass is 19.1. The zero-order valence-electron chi connectivity index (χ0n) is 18.4. The number of carboxylic acid groups (broad SMARTS) is 1. The van der Waals surface area contributed by atoms with Gasteiger partial charge in [0.1, 0.15) is 5.75 Å². The summed E-state index contributed by atoms with van der Waals surface area (Å²) in [5.74, 6) is -5.66. The summed E-state index contributed by atoms with van der Waals surface area (Å²) in [5.41, 5.74) is 9.17. The van der Waals surface area contributed by atoms with Crippen LogP contribution in [-0.4, -0.2) is 29.3 Å². The maximum atomic E-state index is 14.9. The highest BCUT2D eigenvalue weighted by Crippen LogP contribution is 2.37. The first-order chi connectivity index (χ1) is 15.8. The maximum Gasteiger partial charge on any atom is 0.344 e. The summed E-state index contributed by atoms with van der Waals surface area (Å²) in [6, 6.07) is 12.9. The van der Waals surface area contributed by atoms with Gasteiger partial charge in [-0.3, -0.25) is 0 Å². The number of halogens is 2. The Morgan fingerprint density at radius 1 is 1.12 bits per heavy atom. The molecule has 7 nitrogen and oxygen atoms in total. The molecule has 0 saturated heterocycles. The number of carboxylic acids is 1. The first kappa shape index (κ1) is 23.9. The normalized spacial score (nSPS) is 11.7. The quantitative estimate of drug-likeness (QED) is 0.473. The summed E-state index contributed by atoms with van der Waals surface area (Å²) >= 11 is 0. The van der Waals surface area contributed by atoms with Crippen molar-refractivity contribution < 1.29 is 32.9 Å². The van der Waals surface area contributed by atoms with Crippen molar-refractivity contribution in [3.63, 3.8) is 0 Å². The van der Waals surface area contributed by atoms with E-state index in [1.165, 1.54) is 0 Å². The SMILES string of the molecule is CC[C@@H](Oc1nc(Oc2cc(C)cc(-c3cccc(CN)c3)c2)c(F)c(OC)c1F)C(=O)O. The van der Waals surface area contributed by atoms with Gasteiger partial charge < -0.3 is 25.1 Å². The molecule has 0 amide bonds. The molecule has 9 heteroatoms. The Balaban J connectivity index is 2.02. The number of nitrogens with zero attached hydrogens (tertiary/aromatic N) is 1. The van der Waals surface area contributed by atoms with Gasteiger partial charge in [0.05, 0.1) is 7.11 Å². The molecule has 3 rings (SSSR count). The summed E-state index contributed by atoms with van der Waals surface area (Å²) in [7, 11) is 1.07. The molecule has 0 bridgehead atoms. The lowest BCUT2D eigenvalue weighted by Crippen LogP contribution is -2.27. The molecule has 0 fully saturated rings. The predicted molar refractivity (Wildman–Crippen MR) is 118 cm³/mol. The third kappa shape index (κ3) is 5.38. The zero-order chi connectivity index (χ0) is 24.1. The fraction of sp³-hybridized carbons (Fsp3) is 0.250. The van der Waals surface area contributed by atoms with Crippen molar-refractivity contribution >= 4 is 5.97 Å². The number of rotatable bonds is 9. The summed E-state index contributed by atoms with van der Waals surface area (Å²) in [6.07, 6.45) is -1.34. The number of aryl methyl sites for hydroxylation is 1. The van der Waals surface area contributed by atoms with Crippen molar-refractivity contribution in [3.8, 4) is 34.4 Å². The van der Waals surface area contributed by atoms with Crippen LogP contribution in [0.3, 0.4) is 0 Å². The summed E-state index contributed by atoms with van der Waals surface area (Å²) < 4.78 is 45.1. The Morgan fingerprint density at radius 3 is 2.48 bits per heavy atom. The Labute approximate surface area is 189 Å². The lowest BCUT2D eigenvalue weighted by atomic mass is 10.0. The Bertz CT molecular complexity index is 1170. The predicted octanol–water partition coefficient (Wildman–Crippen LogP) is 4.84. The van der Waals surface area contributed by atoms with Gasteiger partial charge >= 0.3 is 5.97 Å². The van der Waals surface area contributed by atoms with Crippen LogP contribution < -0.4 is 19.9 Å². The fourth-order valence-electron chi connectivity index (χ4n) is 3.21. The zero-order valence-corrected chi connectivity index (χ0v) is 18.4. The van der Waals surface area contributed by atoms with Crippen LogP contribution in [0.4, 0.5) is 8.78 Å². The van der Waals surface area contributed by atoms with E-state index in [1.54, 1.807) is 19.1 Å². The van der Waals surface area contributed by atoms with Gasteiger partial charge in [0.25, 0.3) is 11.8 Å². The van der Waals surface area contributed by atoms with Crippen LogP contribution in [0.25, 0.3) is 11.1 Å². The number of nitrogens with two attached hydrogens (primary N) is 1. The standard InChI is InChI=1S/C24H24F2N2O5/c1-4-18(24(29)30)33-23-20(26)21(31-3)19(25)22(28-23)32-17-9-13(2)8-16(11-17)15-7-5-6-14(10-15)12-27/h5-11,18H,4,12,27H2,1-3H3,(H,29,30)/t18-/m1/s1. The number of ether oxygens (including phenoxy) is 3. The molecular weight excluding hydrogens is 434 g/mol. The van der Waals surface area contributed by atoms with Crippen LogP contribution in [0.2, 0.25) is 0 Å². The Hall–Kier alpha value is -3.72. The molecule has 174 valence electrons. The van der Waals surface area contributed by atoms with Crippen molar-refractivity contribution in [2.75, 3.05) is 7.11 Å². The molecule has 33 heavy (non-hydrogen) atoms. The monoisotopic (exact) mass is 458 g/mol. The molecule has 0 spiro atoms. The summed E-state index contributed by atoms with van der Waals surface area (Å²) in [4.78, 5) is 15.0. The van der Waals surface area contributed by atoms with Gasteiger partial charge in [-0.15, -0.1) is 0 Å². The molecule has 3 N–H and O–H groups in total. The summed E-state index contributed by atoms with van der Waals surface area (Å²) in [5, 5.41) is 9.20. The van der Waals surface area contributed by atoms with Crippen LogP contribution >= 0.6 is 0 Å². The van der Waals surface area contributed by atoms with Gasteiger partial charge in [-0.1, -0.05) is 31.2 Å². The van der Waals surface area contributed by atoms with Crippen LogP contribution in [0.15, 0.2) is 42.5 Å². The molecule has 0 aliphatic carbocycles. The number of pyridine rings is 1. The second-order valence-corrected chi connectivity index (χ2v) is 7.28. The third-order valence-electron chi connectivity index (χ3n) is 4.84. The molecule has 2 aromatic carbocycles. The van der Waals surface area contributed by atoms with Gasteiger partial charge in [-0.2, -0.15) is 13.8 Å². The Morgan fingerprint density at radius 2 is 1.85 bits per heavy atom. The third-order valence-corrected chi connectivity index (χ3v) is 4.84. The second-order valence-electron chi connectivity index (χ2n) is 7.28. The van der Waals surface area contributed by atoms with Crippen molar-refractivity contribution in [2.24, 2.45) is 5.73 Å². The minimum atomic E-state index is -1.38. The average Bonchev–Trinajstić information content (AvgIpc) is 2.80. The van der Waals surface area contributed by atoms with Crippen molar-refractivity contribution in [1.29, 1.82) is 0 Å². The lowest BCUT2D eigenvalue weighted by Gasteiger charge is -2.16. The van der Waals surface area contributed by atoms with Crippen LogP contribution in [0.5, 0.6) is 23.3 Å². The number of hydrogen-bond donors (Lipinski definition) is 2. The molecule has 0 saturated carbocycles. The van der Waals surface area contributed by atoms with E-state index in [1.807, 2.05) is 37.3 Å². The van der Waals surface area contributed by atoms with E-state index in [0.29, 0.717) is 6.54 Å². The summed E-state index contributed by atoms with van der Waals surface area (Å²) in [6.45, 7) is 3.76. The van der Waals surface area contributed by atoms with Gasteiger partial charge in [-0.05, 0) is 53.8 Å². The van der Waals surface area contributed by atoms with E-state index in [9.17, 15) is 18.7 Å². The second kappa shape index (κ2) is 10.3. The smallest absolute Gasteiger partial charge is 0.344 e. The van der Waals surface area contributed by atoms with Crippen LogP contribution in [0.1, 0.15) is 24.5 Å². The minimum absolute atomic E-state index is 0.0371. The van der Waals surface area contributed by atoms with E-state index < -0.39 is 41.2 Å². The molecule has 0 aliphatic rings. The number of aromatic nitrogens is 1. The van der Waals surface area contributed by atoms with Gasteiger partial charge in [-0.25, -0.2) is 4.79 Å². The van der Waals surface area contributed by atoms with Crippen LogP contribution in [0, 0.1) is 18.6 Å². The van der Waals surface area contributed by atoms with Gasteiger partial charge in [0, 0.05) is 6.54 Å². The number of methoxy groups -OCH3 is 1. The molecule has 1 atom stereocenters.